The second kappa shape index (κ2) is 9.98. The van der Waals surface area contributed by atoms with Gasteiger partial charge in [-0.3, -0.25) is 14.4 Å². The second-order valence-electron chi connectivity index (χ2n) is 8.98. The van der Waals surface area contributed by atoms with Crippen LogP contribution >= 0.6 is 0 Å². The Balaban J connectivity index is 1.38. The molecule has 1 aliphatic carbocycles. The van der Waals surface area contributed by atoms with E-state index < -0.39 is 6.04 Å². The van der Waals surface area contributed by atoms with Gasteiger partial charge in [0.05, 0.1) is 6.42 Å². The van der Waals surface area contributed by atoms with Crippen molar-refractivity contribution in [1.82, 2.24) is 15.5 Å². The number of nitrogens with one attached hydrogen (secondary N) is 2. The minimum absolute atomic E-state index is 0.00363. The average molecular weight is 434 g/mol. The molecule has 2 aromatic carbocycles. The maximum atomic E-state index is 13.0. The molecule has 32 heavy (non-hydrogen) atoms. The molecule has 2 N–H and O–H groups in total. The zero-order valence-corrected chi connectivity index (χ0v) is 18.5. The normalized spacial score (nSPS) is 17.5. The number of carbonyl (C=O) groups excluding carboxylic acids is 3. The van der Waals surface area contributed by atoms with E-state index >= 15 is 0 Å². The number of aryl methyl sites for hydroxylation is 1. The van der Waals surface area contributed by atoms with Crippen LogP contribution in [0.1, 0.15) is 47.2 Å². The summed E-state index contributed by atoms with van der Waals surface area (Å²) >= 11 is 0. The summed E-state index contributed by atoms with van der Waals surface area (Å²) in [7, 11) is 0. The van der Waals surface area contributed by atoms with Crippen molar-refractivity contribution in [3.05, 3.63) is 71.3 Å². The first kappa shape index (κ1) is 22.1. The highest BCUT2D eigenvalue weighted by Crippen LogP contribution is 2.24. The third kappa shape index (κ3) is 5.75. The molecular formula is C26H31N3O3. The van der Waals surface area contributed by atoms with Crippen LogP contribution in [0.25, 0.3) is 0 Å². The molecule has 1 atom stereocenters. The van der Waals surface area contributed by atoms with Crippen molar-refractivity contribution >= 4 is 17.7 Å². The topological polar surface area (TPSA) is 78.5 Å². The maximum absolute atomic E-state index is 13.0. The Hall–Kier alpha value is -3.15. The first-order valence-electron chi connectivity index (χ1n) is 11.5. The van der Waals surface area contributed by atoms with E-state index in [0.717, 1.165) is 24.0 Å². The van der Waals surface area contributed by atoms with Crippen LogP contribution in [0.4, 0.5) is 0 Å². The van der Waals surface area contributed by atoms with Gasteiger partial charge in [0.1, 0.15) is 6.04 Å². The predicted molar refractivity (Wildman–Crippen MR) is 123 cm³/mol. The van der Waals surface area contributed by atoms with Gasteiger partial charge in [-0.1, -0.05) is 48.0 Å². The van der Waals surface area contributed by atoms with Gasteiger partial charge in [0.25, 0.3) is 5.91 Å². The van der Waals surface area contributed by atoms with Crippen molar-refractivity contribution in [3.8, 4) is 0 Å². The van der Waals surface area contributed by atoms with Gasteiger partial charge in [-0.25, -0.2) is 0 Å². The van der Waals surface area contributed by atoms with Crippen molar-refractivity contribution in [2.24, 2.45) is 5.92 Å². The molecule has 2 fully saturated rings. The Kier molecular flexibility index (Phi) is 6.88. The lowest BCUT2D eigenvalue weighted by Gasteiger charge is -2.36. The van der Waals surface area contributed by atoms with Crippen molar-refractivity contribution in [2.45, 2.75) is 51.1 Å². The van der Waals surface area contributed by atoms with Gasteiger partial charge in [-0.15, -0.1) is 0 Å². The van der Waals surface area contributed by atoms with E-state index in [4.69, 9.17) is 0 Å². The number of hydrogen-bond donors (Lipinski definition) is 2. The first-order valence-corrected chi connectivity index (χ1v) is 11.5. The predicted octanol–water partition coefficient (Wildman–Crippen LogP) is 2.85. The molecule has 2 aliphatic rings. The van der Waals surface area contributed by atoms with Gasteiger partial charge in [0.2, 0.25) is 11.8 Å². The van der Waals surface area contributed by atoms with Gasteiger partial charge in [0.15, 0.2) is 0 Å². The molecule has 1 saturated heterocycles. The number of hydrogen-bond acceptors (Lipinski definition) is 3. The standard InChI is InChI=1S/C26H31N3O3/c1-18-7-9-21(10-8-18)25(31)28-24(26(32)27-22-11-12-22)20-13-15-29(16-14-20)23(30)17-19-5-3-2-4-6-19/h2-10,20,22,24H,11-17H2,1H3,(H,27,32)(H,28,31). The molecule has 2 aromatic rings. The highest BCUT2D eigenvalue weighted by Gasteiger charge is 2.36. The molecule has 168 valence electrons. The molecule has 0 spiro atoms. The number of benzene rings is 2. The fourth-order valence-electron chi connectivity index (χ4n) is 4.21. The molecule has 0 aromatic heterocycles. The third-order valence-corrected chi connectivity index (χ3v) is 6.37. The van der Waals surface area contributed by atoms with E-state index in [1.165, 1.54) is 0 Å². The SMILES string of the molecule is Cc1ccc(C(=O)NC(C(=O)NC2CC2)C2CCN(C(=O)Cc3ccccc3)CC2)cc1. The van der Waals surface area contributed by atoms with Crippen LogP contribution in [0.5, 0.6) is 0 Å². The fourth-order valence-corrected chi connectivity index (χ4v) is 4.21. The third-order valence-electron chi connectivity index (χ3n) is 6.37. The molecule has 0 radical (unpaired) electrons. The summed E-state index contributed by atoms with van der Waals surface area (Å²) in [5.74, 6) is -0.230. The van der Waals surface area contributed by atoms with E-state index in [9.17, 15) is 14.4 Å². The number of likely N-dealkylation sites (tertiary alicyclic amines) is 1. The van der Waals surface area contributed by atoms with Crippen LogP contribution in [-0.2, 0) is 16.0 Å². The lowest BCUT2D eigenvalue weighted by atomic mass is 9.88. The number of piperidine rings is 1. The summed E-state index contributed by atoms with van der Waals surface area (Å²) in [6.07, 6.45) is 3.77. The van der Waals surface area contributed by atoms with Crippen molar-refractivity contribution in [1.29, 1.82) is 0 Å². The Morgan fingerprint density at radius 1 is 0.938 bits per heavy atom. The fraction of sp³-hybridized carbons (Fsp3) is 0.423. The van der Waals surface area contributed by atoms with Crippen LogP contribution in [0.2, 0.25) is 0 Å². The van der Waals surface area contributed by atoms with Crippen LogP contribution in [0.3, 0.4) is 0 Å². The largest absolute Gasteiger partial charge is 0.352 e. The highest BCUT2D eigenvalue weighted by atomic mass is 16.2. The van der Waals surface area contributed by atoms with E-state index in [0.29, 0.717) is 37.9 Å². The summed E-state index contributed by atoms with van der Waals surface area (Å²) in [5.41, 5.74) is 2.64. The molecule has 1 saturated carbocycles. The molecule has 1 unspecified atom stereocenters. The lowest BCUT2D eigenvalue weighted by Crippen LogP contribution is -2.54. The number of carbonyl (C=O) groups is 3. The Morgan fingerprint density at radius 3 is 2.22 bits per heavy atom. The van der Waals surface area contributed by atoms with Gasteiger partial charge < -0.3 is 15.5 Å². The lowest BCUT2D eigenvalue weighted by molar-refractivity contribution is -0.132. The van der Waals surface area contributed by atoms with Crippen LogP contribution < -0.4 is 10.6 Å². The molecule has 4 rings (SSSR count). The second-order valence-corrected chi connectivity index (χ2v) is 8.98. The molecule has 6 heteroatoms. The number of nitrogens with zero attached hydrogens (tertiary/aromatic N) is 1. The van der Waals surface area contributed by atoms with Crippen molar-refractivity contribution in [2.75, 3.05) is 13.1 Å². The van der Waals surface area contributed by atoms with E-state index in [1.54, 1.807) is 12.1 Å². The van der Waals surface area contributed by atoms with Gasteiger partial charge in [-0.2, -0.15) is 0 Å². The zero-order chi connectivity index (χ0) is 22.5. The van der Waals surface area contributed by atoms with Crippen molar-refractivity contribution < 1.29 is 14.4 Å². The zero-order valence-electron chi connectivity index (χ0n) is 18.5. The summed E-state index contributed by atoms with van der Waals surface area (Å²) in [6.45, 7) is 3.17. The number of rotatable bonds is 7. The Morgan fingerprint density at radius 2 is 1.59 bits per heavy atom. The smallest absolute Gasteiger partial charge is 0.251 e. The van der Waals surface area contributed by atoms with Crippen molar-refractivity contribution in [3.63, 3.8) is 0 Å². The summed E-state index contributed by atoms with van der Waals surface area (Å²) in [6, 6.07) is 16.7. The minimum Gasteiger partial charge on any atom is -0.352 e. The van der Waals surface area contributed by atoms with Gasteiger partial charge in [-0.05, 0) is 56.2 Å². The van der Waals surface area contributed by atoms with Gasteiger partial charge >= 0.3 is 0 Å². The van der Waals surface area contributed by atoms with Crippen LogP contribution in [-0.4, -0.2) is 47.8 Å². The summed E-state index contributed by atoms with van der Waals surface area (Å²) < 4.78 is 0. The first-order chi connectivity index (χ1) is 15.5. The Bertz CT molecular complexity index is 946. The number of amides is 3. The van der Waals surface area contributed by atoms with E-state index in [1.807, 2.05) is 54.3 Å². The molecule has 1 aliphatic heterocycles. The molecule has 3 amide bonds. The average Bonchev–Trinajstić information content (AvgIpc) is 3.62. The summed E-state index contributed by atoms with van der Waals surface area (Å²) in [4.78, 5) is 40.4. The van der Waals surface area contributed by atoms with E-state index in [2.05, 4.69) is 10.6 Å². The molecule has 1 heterocycles. The van der Waals surface area contributed by atoms with Crippen LogP contribution in [0, 0.1) is 12.8 Å². The summed E-state index contributed by atoms with van der Waals surface area (Å²) in [5, 5.41) is 6.03. The van der Waals surface area contributed by atoms with Gasteiger partial charge in [0, 0.05) is 24.7 Å². The van der Waals surface area contributed by atoms with E-state index in [-0.39, 0.29) is 29.7 Å². The monoisotopic (exact) mass is 433 g/mol. The maximum Gasteiger partial charge on any atom is 0.251 e. The quantitative estimate of drug-likeness (QED) is 0.705. The molecule has 6 nitrogen and oxygen atoms in total. The molecule has 0 bridgehead atoms. The van der Waals surface area contributed by atoms with Crippen LogP contribution in [0.15, 0.2) is 54.6 Å². The highest BCUT2D eigenvalue weighted by molar-refractivity contribution is 5.97. The Labute approximate surface area is 189 Å². The minimum atomic E-state index is -0.587. The molecular weight excluding hydrogens is 402 g/mol.